The van der Waals surface area contributed by atoms with Crippen molar-refractivity contribution in [3.05, 3.63) is 0 Å². The Morgan fingerprint density at radius 2 is 1.62 bits per heavy atom. The van der Waals surface area contributed by atoms with Crippen molar-refractivity contribution in [1.29, 1.82) is 0 Å². The second-order valence-electron chi connectivity index (χ2n) is 6.96. The standard InChI is InChI=1S/C14H22F2N2O3/c1-13(2,3)21-12(20)18-8-14(9-18)4-6-17(7-5-14)11(19)10(15)16/h10H,4-9H2,1-3H3. The van der Waals surface area contributed by atoms with Crippen LogP contribution < -0.4 is 0 Å². The fourth-order valence-electron chi connectivity index (χ4n) is 2.87. The quantitative estimate of drug-likeness (QED) is 0.745. The van der Waals surface area contributed by atoms with Crippen LogP contribution in [0.5, 0.6) is 0 Å². The van der Waals surface area contributed by atoms with Crippen LogP contribution in [0.4, 0.5) is 13.6 Å². The first-order chi connectivity index (χ1) is 9.62. The monoisotopic (exact) mass is 304 g/mol. The normalized spacial score (nSPS) is 21.4. The molecule has 0 atom stereocenters. The average molecular weight is 304 g/mol. The maximum Gasteiger partial charge on any atom is 0.410 e. The number of nitrogens with zero attached hydrogens (tertiary/aromatic N) is 2. The summed E-state index contributed by atoms with van der Waals surface area (Å²) in [5, 5.41) is 0. The van der Waals surface area contributed by atoms with Crippen LogP contribution in [0.1, 0.15) is 33.6 Å². The van der Waals surface area contributed by atoms with Gasteiger partial charge in [-0.3, -0.25) is 4.79 Å². The number of halogens is 2. The average Bonchev–Trinajstić information content (AvgIpc) is 2.33. The summed E-state index contributed by atoms with van der Waals surface area (Å²) < 4.78 is 30.0. The Kier molecular flexibility index (Phi) is 4.13. The van der Waals surface area contributed by atoms with E-state index in [2.05, 4.69) is 0 Å². The van der Waals surface area contributed by atoms with Crippen molar-refractivity contribution in [1.82, 2.24) is 9.80 Å². The van der Waals surface area contributed by atoms with Gasteiger partial charge < -0.3 is 14.5 Å². The van der Waals surface area contributed by atoms with E-state index in [1.54, 1.807) is 4.90 Å². The van der Waals surface area contributed by atoms with Crippen LogP contribution in [0.25, 0.3) is 0 Å². The van der Waals surface area contributed by atoms with Gasteiger partial charge in [0.25, 0.3) is 5.91 Å². The van der Waals surface area contributed by atoms with Crippen LogP contribution in [-0.2, 0) is 9.53 Å². The number of piperidine rings is 1. The van der Waals surface area contributed by atoms with E-state index in [4.69, 9.17) is 4.74 Å². The fourth-order valence-corrected chi connectivity index (χ4v) is 2.87. The molecule has 0 radical (unpaired) electrons. The topological polar surface area (TPSA) is 49.9 Å². The summed E-state index contributed by atoms with van der Waals surface area (Å²) in [6.45, 7) is 7.28. The third kappa shape index (κ3) is 3.63. The van der Waals surface area contributed by atoms with Gasteiger partial charge in [0.2, 0.25) is 0 Å². The highest BCUT2D eigenvalue weighted by Gasteiger charge is 2.48. The second-order valence-corrected chi connectivity index (χ2v) is 6.96. The Hall–Kier alpha value is -1.40. The molecule has 120 valence electrons. The van der Waals surface area contributed by atoms with Gasteiger partial charge in [0.05, 0.1) is 0 Å². The molecule has 2 fully saturated rings. The molecule has 2 aliphatic heterocycles. The zero-order chi connectivity index (χ0) is 15.8. The van der Waals surface area contributed by atoms with Gasteiger partial charge >= 0.3 is 12.5 Å². The van der Waals surface area contributed by atoms with Crippen molar-refractivity contribution >= 4 is 12.0 Å². The summed E-state index contributed by atoms with van der Waals surface area (Å²) in [5.74, 6) is -1.09. The van der Waals surface area contributed by atoms with Gasteiger partial charge in [0.1, 0.15) is 5.60 Å². The third-order valence-corrected chi connectivity index (χ3v) is 4.03. The highest BCUT2D eigenvalue weighted by molar-refractivity contribution is 5.79. The number of likely N-dealkylation sites (tertiary alicyclic amines) is 2. The molecule has 21 heavy (non-hydrogen) atoms. The number of carbonyl (C=O) groups excluding carboxylic acids is 2. The molecule has 0 saturated carbocycles. The molecular weight excluding hydrogens is 282 g/mol. The molecule has 1 spiro atoms. The van der Waals surface area contributed by atoms with Gasteiger partial charge in [-0.05, 0) is 33.6 Å². The minimum atomic E-state index is -2.93. The zero-order valence-corrected chi connectivity index (χ0v) is 12.7. The first-order valence-electron chi connectivity index (χ1n) is 7.17. The van der Waals surface area contributed by atoms with E-state index in [0.29, 0.717) is 39.0 Å². The summed E-state index contributed by atoms with van der Waals surface area (Å²) in [5.41, 5.74) is -0.553. The third-order valence-electron chi connectivity index (χ3n) is 4.03. The lowest BCUT2D eigenvalue weighted by Gasteiger charge is -2.53. The number of rotatable bonds is 1. The Labute approximate surface area is 123 Å². The lowest BCUT2D eigenvalue weighted by atomic mass is 9.72. The van der Waals surface area contributed by atoms with E-state index < -0.39 is 17.9 Å². The highest BCUT2D eigenvalue weighted by atomic mass is 19.3. The van der Waals surface area contributed by atoms with E-state index in [1.807, 2.05) is 20.8 Å². The smallest absolute Gasteiger partial charge is 0.410 e. The Morgan fingerprint density at radius 1 is 1.10 bits per heavy atom. The summed E-state index contributed by atoms with van der Waals surface area (Å²) in [7, 11) is 0. The largest absolute Gasteiger partial charge is 0.444 e. The second kappa shape index (κ2) is 5.42. The maximum atomic E-state index is 12.4. The van der Waals surface area contributed by atoms with Crippen LogP contribution in [0.2, 0.25) is 0 Å². The first kappa shape index (κ1) is 16.0. The van der Waals surface area contributed by atoms with Crippen molar-refractivity contribution in [2.75, 3.05) is 26.2 Å². The van der Waals surface area contributed by atoms with Crippen LogP contribution in [0.15, 0.2) is 0 Å². The van der Waals surface area contributed by atoms with Crippen LogP contribution in [0.3, 0.4) is 0 Å². The van der Waals surface area contributed by atoms with Gasteiger partial charge in [-0.15, -0.1) is 0 Å². The van der Waals surface area contributed by atoms with Crippen LogP contribution in [-0.4, -0.2) is 60.0 Å². The van der Waals surface area contributed by atoms with E-state index >= 15 is 0 Å². The molecule has 5 nitrogen and oxygen atoms in total. The number of carbonyl (C=O) groups is 2. The van der Waals surface area contributed by atoms with E-state index in [0.717, 1.165) is 0 Å². The molecule has 2 rings (SSSR count). The molecule has 2 heterocycles. The predicted molar refractivity (Wildman–Crippen MR) is 72.1 cm³/mol. The molecule has 0 aromatic heterocycles. The van der Waals surface area contributed by atoms with Crippen molar-refractivity contribution in [2.45, 2.75) is 45.6 Å². The van der Waals surface area contributed by atoms with Crippen molar-refractivity contribution < 1.29 is 23.1 Å². The lowest BCUT2D eigenvalue weighted by molar-refractivity contribution is -0.147. The molecule has 2 amide bonds. The molecular formula is C14H22F2N2O3. The molecule has 2 saturated heterocycles. The van der Waals surface area contributed by atoms with E-state index in [-0.39, 0.29) is 11.5 Å². The maximum absolute atomic E-state index is 12.4. The predicted octanol–water partition coefficient (Wildman–Crippen LogP) is 2.11. The van der Waals surface area contributed by atoms with Crippen LogP contribution in [0, 0.1) is 5.41 Å². The minimum absolute atomic E-state index is 0.0319. The number of hydrogen-bond donors (Lipinski definition) is 0. The van der Waals surface area contributed by atoms with Crippen molar-refractivity contribution in [2.24, 2.45) is 5.41 Å². The lowest BCUT2D eigenvalue weighted by Crippen LogP contribution is -2.63. The summed E-state index contributed by atoms with van der Waals surface area (Å²) in [6, 6.07) is 0. The molecule has 0 aromatic carbocycles. The number of ether oxygens (including phenoxy) is 1. The highest BCUT2D eigenvalue weighted by Crippen LogP contribution is 2.41. The first-order valence-corrected chi connectivity index (χ1v) is 7.17. The number of hydrogen-bond acceptors (Lipinski definition) is 3. The van der Waals surface area contributed by atoms with E-state index in [9.17, 15) is 18.4 Å². The van der Waals surface area contributed by atoms with Gasteiger partial charge in [0.15, 0.2) is 0 Å². The number of amides is 2. The Balaban J connectivity index is 1.80. The molecule has 7 heteroatoms. The summed E-state index contributed by atoms with van der Waals surface area (Å²) in [6.07, 6.45) is -1.95. The molecule has 0 aliphatic carbocycles. The van der Waals surface area contributed by atoms with Gasteiger partial charge in [0, 0.05) is 31.6 Å². The molecule has 0 aromatic rings. The zero-order valence-electron chi connectivity index (χ0n) is 12.7. The van der Waals surface area contributed by atoms with E-state index in [1.165, 1.54) is 4.90 Å². The SMILES string of the molecule is CC(C)(C)OC(=O)N1CC2(CCN(C(=O)C(F)F)CC2)C1. The molecule has 2 aliphatic rings. The van der Waals surface area contributed by atoms with Crippen molar-refractivity contribution in [3.63, 3.8) is 0 Å². The minimum Gasteiger partial charge on any atom is -0.444 e. The summed E-state index contributed by atoms with van der Waals surface area (Å²) >= 11 is 0. The summed E-state index contributed by atoms with van der Waals surface area (Å²) in [4.78, 5) is 26.0. The Morgan fingerprint density at radius 3 is 2.05 bits per heavy atom. The molecule has 0 N–H and O–H groups in total. The fraction of sp³-hybridized carbons (Fsp3) is 0.857. The van der Waals surface area contributed by atoms with Crippen molar-refractivity contribution in [3.8, 4) is 0 Å². The molecule has 0 bridgehead atoms. The number of alkyl halides is 2. The van der Waals surface area contributed by atoms with Gasteiger partial charge in [-0.1, -0.05) is 0 Å². The molecule has 0 unspecified atom stereocenters. The van der Waals surface area contributed by atoms with Crippen LogP contribution >= 0.6 is 0 Å². The van der Waals surface area contributed by atoms with Gasteiger partial charge in [-0.2, -0.15) is 8.78 Å². The van der Waals surface area contributed by atoms with Gasteiger partial charge in [-0.25, -0.2) is 4.79 Å². The Bertz CT molecular complexity index is 418.